The molecule has 0 heterocycles. The van der Waals surface area contributed by atoms with Gasteiger partial charge in [-0.3, -0.25) is 0 Å². The lowest BCUT2D eigenvalue weighted by Gasteiger charge is -2.41. The van der Waals surface area contributed by atoms with Crippen molar-refractivity contribution in [2.24, 2.45) is 0 Å². The van der Waals surface area contributed by atoms with Gasteiger partial charge in [-0.05, 0) is 128 Å². The minimum atomic E-state index is -0.189. The Labute approximate surface area is 208 Å². The van der Waals surface area contributed by atoms with Gasteiger partial charge in [0.2, 0.25) is 0 Å². The van der Waals surface area contributed by atoms with Gasteiger partial charge >= 0.3 is 0 Å². The number of hydrogen-bond donors (Lipinski definition) is 1. The minimum absolute atomic E-state index is 0.189. The summed E-state index contributed by atoms with van der Waals surface area (Å²) in [5, 5.41) is 13.2. The van der Waals surface area contributed by atoms with Crippen LogP contribution in [0.2, 0.25) is 0 Å². The van der Waals surface area contributed by atoms with Crippen LogP contribution < -0.4 is 5.30 Å². The number of aromatic hydroxyl groups is 1. The van der Waals surface area contributed by atoms with E-state index in [1.165, 1.54) is 131 Å². The summed E-state index contributed by atoms with van der Waals surface area (Å²) >= 11 is 0. The van der Waals surface area contributed by atoms with Crippen molar-refractivity contribution in [2.75, 3.05) is 0 Å². The molecular weight excluding hydrogens is 431 g/mol. The van der Waals surface area contributed by atoms with Crippen LogP contribution in [0.4, 0.5) is 0 Å². The molecule has 0 amide bonds. The number of fused-ring (bicyclic) bond motifs is 2. The molecule has 1 N–H and O–H groups in total. The maximum absolute atomic E-state index is 11.5. The molecule has 2 heteroatoms. The molecule has 0 bridgehead atoms. The molecule has 2 fully saturated rings. The van der Waals surface area contributed by atoms with E-state index >= 15 is 0 Å². The Kier molecular flexibility index (Phi) is 7.02. The van der Waals surface area contributed by atoms with Gasteiger partial charge in [-0.15, -0.1) is 0 Å². The monoisotopic (exact) mass is 474 g/mol. The Morgan fingerprint density at radius 2 is 1.03 bits per heavy atom. The van der Waals surface area contributed by atoms with Gasteiger partial charge in [0, 0.05) is 5.56 Å². The summed E-state index contributed by atoms with van der Waals surface area (Å²) in [6, 6.07) is 9.39. The van der Waals surface area contributed by atoms with Crippen LogP contribution in [0.25, 0.3) is 11.1 Å². The minimum Gasteiger partial charge on any atom is -0.507 e. The van der Waals surface area contributed by atoms with E-state index in [2.05, 4.69) is 18.2 Å². The molecule has 0 aromatic heterocycles. The predicted molar refractivity (Wildman–Crippen MR) is 147 cm³/mol. The second-order valence-electron chi connectivity index (χ2n) is 11.6. The van der Waals surface area contributed by atoms with Gasteiger partial charge in [-0.1, -0.05) is 64.6 Å². The second kappa shape index (κ2) is 10.3. The maximum Gasteiger partial charge on any atom is 0.123 e. The first-order valence-electron chi connectivity index (χ1n) is 14.6. The standard InChI is InChI=1S/C32H43OP/c33-29-21-19-23-11-7-9-17-27(23)31(29)32-28-18-10-8-12-24(28)20-22-30(32)34(25-13-3-1-4-14-25)26-15-5-2-6-16-26/h19-22,25-26,33H,1-18H2. The zero-order valence-electron chi connectivity index (χ0n) is 21.1. The van der Waals surface area contributed by atoms with Crippen LogP contribution in [0.5, 0.6) is 5.75 Å². The van der Waals surface area contributed by atoms with Gasteiger partial charge in [-0.25, -0.2) is 0 Å². The Balaban J connectivity index is 1.57. The molecule has 4 aliphatic carbocycles. The number of rotatable bonds is 4. The zero-order chi connectivity index (χ0) is 22.9. The van der Waals surface area contributed by atoms with Gasteiger partial charge in [0.05, 0.1) is 0 Å². The van der Waals surface area contributed by atoms with Crippen molar-refractivity contribution in [3.05, 3.63) is 46.5 Å². The summed E-state index contributed by atoms with van der Waals surface area (Å²) in [5.74, 6) is 0.558. The molecule has 0 saturated heterocycles. The van der Waals surface area contributed by atoms with E-state index < -0.39 is 0 Å². The lowest BCUT2D eigenvalue weighted by atomic mass is 9.80. The van der Waals surface area contributed by atoms with Crippen molar-refractivity contribution >= 4 is 13.2 Å². The average Bonchev–Trinajstić information content (AvgIpc) is 2.90. The third-order valence-corrected chi connectivity index (χ3v) is 13.0. The molecule has 2 saturated carbocycles. The highest BCUT2D eigenvalue weighted by Gasteiger charge is 2.36. The Morgan fingerprint density at radius 1 is 0.529 bits per heavy atom. The molecule has 2 aromatic rings. The Hall–Kier alpha value is -1.33. The first kappa shape index (κ1) is 23.1. The topological polar surface area (TPSA) is 20.2 Å². The average molecular weight is 475 g/mol. The number of benzene rings is 2. The Morgan fingerprint density at radius 3 is 1.62 bits per heavy atom. The van der Waals surface area contributed by atoms with Crippen molar-refractivity contribution in [3.63, 3.8) is 0 Å². The van der Waals surface area contributed by atoms with Crippen molar-refractivity contribution < 1.29 is 5.11 Å². The fourth-order valence-corrected chi connectivity index (χ4v) is 11.8. The molecular formula is C32H43OP. The molecule has 0 spiro atoms. The normalized spacial score (nSPS) is 21.9. The lowest BCUT2D eigenvalue weighted by molar-refractivity contribution is 0.475. The summed E-state index contributed by atoms with van der Waals surface area (Å²) in [5.41, 5.74) is 10.8. The molecule has 4 aliphatic rings. The van der Waals surface area contributed by atoms with Crippen LogP contribution in [0, 0.1) is 0 Å². The molecule has 2 aromatic carbocycles. The van der Waals surface area contributed by atoms with Crippen molar-refractivity contribution in [2.45, 2.75) is 127 Å². The first-order chi connectivity index (χ1) is 16.8. The molecule has 0 atom stereocenters. The fourth-order valence-electron chi connectivity index (χ4n) is 7.81. The second-order valence-corrected chi connectivity index (χ2v) is 14.4. The highest BCUT2D eigenvalue weighted by atomic mass is 31.1. The number of phenolic OH excluding ortho intramolecular Hbond substituents is 1. The van der Waals surface area contributed by atoms with Gasteiger partial charge in [0.15, 0.2) is 0 Å². The van der Waals surface area contributed by atoms with E-state index in [1.807, 2.05) is 6.07 Å². The predicted octanol–water partition coefficient (Wildman–Crippen LogP) is 8.59. The van der Waals surface area contributed by atoms with E-state index in [-0.39, 0.29) is 7.92 Å². The highest BCUT2D eigenvalue weighted by Crippen LogP contribution is 2.57. The summed E-state index contributed by atoms with van der Waals surface area (Å²) in [4.78, 5) is 0. The van der Waals surface area contributed by atoms with Gasteiger partial charge in [0.1, 0.15) is 5.75 Å². The van der Waals surface area contributed by atoms with Crippen LogP contribution in [0.1, 0.15) is 112 Å². The van der Waals surface area contributed by atoms with Crippen LogP contribution in [0.3, 0.4) is 0 Å². The molecule has 1 nitrogen and oxygen atoms in total. The van der Waals surface area contributed by atoms with Crippen molar-refractivity contribution in [1.29, 1.82) is 0 Å². The zero-order valence-corrected chi connectivity index (χ0v) is 22.0. The molecule has 0 aliphatic heterocycles. The highest BCUT2D eigenvalue weighted by molar-refractivity contribution is 7.67. The molecule has 34 heavy (non-hydrogen) atoms. The van der Waals surface area contributed by atoms with Gasteiger partial charge in [-0.2, -0.15) is 0 Å². The summed E-state index contributed by atoms with van der Waals surface area (Å²) in [6.07, 6.45) is 24.3. The van der Waals surface area contributed by atoms with Crippen LogP contribution in [-0.2, 0) is 25.7 Å². The molecule has 182 valence electrons. The summed E-state index contributed by atoms with van der Waals surface area (Å²) in [7, 11) is -0.189. The first-order valence-corrected chi connectivity index (χ1v) is 16.1. The molecule has 6 rings (SSSR count). The van der Waals surface area contributed by atoms with Crippen LogP contribution in [-0.4, -0.2) is 16.4 Å². The van der Waals surface area contributed by atoms with E-state index in [1.54, 1.807) is 16.4 Å². The van der Waals surface area contributed by atoms with Gasteiger partial charge < -0.3 is 5.11 Å². The van der Waals surface area contributed by atoms with E-state index in [4.69, 9.17) is 0 Å². The smallest absolute Gasteiger partial charge is 0.123 e. The quantitative estimate of drug-likeness (QED) is 0.440. The molecule has 0 unspecified atom stereocenters. The van der Waals surface area contributed by atoms with Gasteiger partial charge in [0.25, 0.3) is 0 Å². The van der Waals surface area contributed by atoms with Crippen LogP contribution in [0.15, 0.2) is 24.3 Å². The van der Waals surface area contributed by atoms with Crippen LogP contribution >= 0.6 is 7.92 Å². The number of phenols is 1. The largest absolute Gasteiger partial charge is 0.507 e. The SMILES string of the molecule is Oc1ccc2c(c1-c1c(P(C3CCCCC3)C3CCCCC3)ccc3c1CCCC3)CCCC2. The van der Waals surface area contributed by atoms with E-state index in [0.717, 1.165) is 17.7 Å². The van der Waals surface area contributed by atoms with Crippen molar-refractivity contribution in [3.8, 4) is 16.9 Å². The number of aryl methyl sites for hydroxylation is 2. The fraction of sp³-hybridized carbons (Fsp3) is 0.625. The Bertz CT molecular complexity index is 994. The third kappa shape index (κ3) is 4.36. The lowest BCUT2D eigenvalue weighted by Crippen LogP contribution is -2.28. The molecule has 0 radical (unpaired) electrons. The van der Waals surface area contributed by atoms with Crippen molar-refractivity contribution in [1.82, 2.24) is 0 Å². The number of hydrogen-bond acceptors (Lipinski definition) is 1. The summed E-state index contributed by atoms with van der Waals surface area (Å²) in [6.45, 7) is 0. The maximum atomic E-state index is 11.5. The van der Waals surface area contributed by atoms with E-state index in [9.17, 15) is 5.11 Å². The third-order valence-electron chi connectivity index (χ3n) is 9.49. The summed E-state index contributed by atoms with van der Waals surface area (Å²) < 4.78 is 0. The van der Waals surface area contributed by atoms with E-state index in [0.29, 0.717) is 5.75 Å².